The molecule has 0 aliphatic heterocycles. The molecule has 1 amide bonds. The highest BCUT2D eigenvalue weighted by Crippen LogP contribution is 2.09. The molecule has 0 spiro atoms. The summed E-state index contributed by atoms with van der Waals surface area (Å²) in [6, 6.07) is 5.62. The SMILES string of the molecule is C#CCCCNC(=O)c1cnn2ccccc12. The third kappa shape index (κ3) is 2.45. The average molecular weight is 227 g/mol. The van der Waals surface area contributed by atoms with Gasteiger partial charge < -0.3 is 5.32 Å². The highest BCUT2D eigenvalue weighted by Gasteiger charge is 2.10. The number of hydrogen-bond acceptors (Lipinski definition) is 2. The van der Waals surface area contributed by atoms with E-state index >= 15 is 0 Å². The lowest BCUT2D eigenvalue weighted by Crippen LogP contribution is -2.24. The van der Waals surface area contributed by atoms with E-state index in [0.29, 0.717) is 18.5 Å². The number of amides is 1. The van der Waals surface area contributed by atoms with Gasteiger partial charge in [0.25, 0.3) is 5.91 Å². The summed E-state index contributed by atoms with van der Waals surface area (Å²) in [6.45, 7) is 0.590. The maximum atomic E-state index is 11.9. The predicted octanol–water partition coefficient (Wildman–Crippen LogP) is 1.48. The van der Waals surface area contributed by atoms with Crippen LogP contribution in [-0.2, 0) is 0 Å². The molecule has 0 atom stereocenters. The first kappa shape index (κ1) is 11.2. The predicted molar refractivity (Wildman–Crippen MR) is 65.6 cm³/mol. The number of carbonyl (C=O) groups is 1. The van der Waals surface area contributed by atoms with Gasteiger partial charge in [0.1, 0.15) is 0 Å². The van der Waals surface area contributed by atoms with Crippen molar-refractivity contribution in [2.75, 3.05) is 6.54 Å². The van der Waals surface area contributed by atoms with Crippen LogP contribution in [0.1, 0.15) is 23.2 Å². The van der Waals surface area contributed by atoms with Crippen molar-refractivity contribution in [3.8, 4) is 12.3 Å². The Hall–Kier alpha value is -2.28. The van der Waals surface area contributed by atoms with Gasteiger partial charge in [-0.3, -0.25) is 4.79 Å². The number of pyridine rings is 1. The highest BCUT2D eigenvalue weighted by atomic mass is 16.1. The summed E-state index contributed by atoms with van der Waals surface area (Å²) in [7, 11) is 0. The Morgan fingerprint density at radius 3 is 3.24 bits per heavy atom. The summed E-state index contributed by atoms with van der Waals surface area (Å²) in [6.07, 6.45) is 9.99. The lowest BCUT2D eigenvalue weighted by atomic mass is 10.2. The van der Waals surface area contributed by atoms with E-state index < -0.39 is 0 Å². The number of fused-ring (bicyclic) bond motifs is 1. The Morgan fingerprint density at radius 2 is 2.41 bits per heavy atom. The molecule has 2 rings (SSSR count). The Balaban J connectivity index is 2.07. The van der Waals surface area contributed by atoms with E-state index in [-0.39, 0.29) is 5.91 Å². The van der Waals surface area contributed by atoms with Crippen LogP contribution < -0.4 is 5.32 Å². The van der Waals surface area contributed by atoms with Crippen LogP contribution in [0, 0.1) is 12.3 Å². The monoisotopic (exact) mass is 227 g/mol. The maximum Gasteiger partial charge on any atom is 0.255 e. The number of carbonyl (C=O) groups excluding carboxylic acids is 1. The highest BCUT2D eigenvalue weighted by molar-refractivity contribution is 6.00. The van der Waals surface area contributed by atoms with Crippen molar-refractivity contribution in [1.82, 2.24) is 14.9 Å². The second-order valence-electron chi connectivity index (χ2n) is 3.65. The van der Waals surface area contributed by atoms with Crippen LogP contribution in [0.15, 0.2) is 30.6 Å². The molecule has 17 heavy (non-hydrogen) atoms. The van der Waals surface area contributed by atoms with Gasteiger partial charge in [0.05, 0.1) is 17.3 Å². The van der Waals surface area contributed by atoms with Gasteiger partial charge in [-0.1, -0.05) is 6.07 Å². The Labute approximate surface area is 99.6 Å². The Kier molecular flexibility index (Phi) is 3.41. The number of aromatic nitrogens is 2. The van der Waals surface area contributed by atoms with Crippen LogP contribution in [-0.4, -0.2) is 22.1 Å². The van der Waals surface area contributed by atoms with Crippen LogP contribution in [0.3, 0.4) is 0 Å². The molecule has 0 fully saturated rings. The van der Waals surface area contributed by atoms with Crippen molar-refractivity contribution >= 4 is 11.4 Å². The lowest BCUT2D eigenvalue weighted by molar-refractivity contribution is 0.0955. The molecule has 0 radical (unpaired) electrons. The number of hydrogen-bond donors (Lipinski definition) is 1. The average Bonchev–Trinajstić information content (AvgIpc) is 2.78. The first-order valence-corrected chi connectivity index (χ1v) is 5.47. The van der Waals surface area contributed by atoms with Crippen molar-refractivity contribution in [1.29, 1.82) is 0 Å². The van der Waals surface area contributed by atoms with Gasteiger partial charge in [-0.2, -0.15) is 5.10 Å². The molecular weight excluding hydrogens is 214 g/mol. The van der Waals surface area contributed by atoms with Gasteiger partial charge in [0.15, 0.2) is 0 Å². The third-order valence-electron chi connectivity index (χ3n) is 2.45. The zero-order valence-electron chi connectivity index (χ0n) is 9.39. The molecule has 1 N–H and O–H groups in total. The quantitative estimate of drug-likeness (QED) is 0.635. The fraction of sp³-hybridized carbons (Fsp3) is 0.231. The fourth-order valence-corrected chi connectivity index (χ4v) is 1.60. The molecule has 2 heterocycles. The fourth-order valence-electron chi connectivity index (χ4n) is 1.60. The van der Waals surface area contributed by atoms with E-state index in [1.165, 1.54) is 0 Å². The zero-order valence-corrected chi connectivity index (χ0v) is 9.39. The number of nitrogens with one attached hydrogen (secondary N) is 1. The number of nitrogens with zero attached hydrogens (tertiary/aromatic N) is 2. The number of unbranched alkanes of at least 4 members (excludes halogenated alkanes) is 1. The number of terminal acetylenes is 1. The topological polar surface area (TPSA) is 46.4 Å². The molecule has 2 aromatic rings. The van der Waals surface area contributed by atoms with Crippen LogP contribution in [0.2, 0.25) is 0 Å². The summed E-state index contributed by atoms with van der Waals surface area (Å²) in [4.78, 5) is 11.9. The summed E-state index contributed by atoms with van der Waals surface area (Å²) in [5.74, 6) is 2.43. The molecule has 0 saturated carbocycles. The standard InChI is InChI=1S/C13H13N3O/c1-2-3-5-8-14-13(17)11-10-15-16-9-6-4-7-12(11)16/h1,4,6-7,9-10H,3,5,8H2,(H,14,17). The van der Waals surface area contributed by atoms with Crippen molar-refractivity contribution in [2.45, 2.75) is 12.8 Å². The first-order chi connectivity index (χ1) is 8.33. The van der Waals surface area contributed by atoms with Crippen molar-refractivity contribution in [3.05, 3.63) is 36.2 Å². The molecule has 0 aliphatic carbocycles. The molecule has 4 nitrogen and oxygen atoms in total. The smallest absolute Gasteiger partial charge is 0.255 e. The second kappa shape index (κ2) is 5.17. The molecule has 0 unspecified atom stereocenters. The van der Waals surface area contributed by atoms with Crippen LogP contribution in [0.4, 0.5) is 0 Å². The third-order valence-corrected chi connectivity index (χ3v) is 2.45. The summed E-state index contributed by atoms with van der Waals surface area (Å²) in [5.41, 5.74) is 1.40. The van der Waals surface area contributed by atoms with E-state index in [1.807, 2.05) is 24.4 Å². The van der Waals surface area contributed by atoms with Gasteiger partial charge in [-0.15, -0.1) is 12.3 Å². The van der Waals surface area contributed by atoms with Crippen molar-refractivity contribution in [2.24, 2.45) is 0 Å². The van der Waals surface area contributed by atoms with Crippen molar-refractivity contribution in [3.63, 3.8) is 0 Å². The summed E-state index contributed by atoms with van der Waals surface area (Å²) < 4.78 is 1.68. The van der Waals surface area contributed by atoms with Crippen LogP contribution in [0.25, 0.3) is 5.52 Å². The van der Waals surface area contributed by atoms with Gasteiger partial charge in [0, 0.05) is 19.2 Å². The minimum absolute atomic E-state index is 0.108. The minimum atomic E-state index is -0.108. The Morgan fingerprint density at radius 1 is 1.53 bits per heavy atom. The molecule has 86 valence electrons. The second-order valence-corrected chi connectivity index (χ2v) is 3.65. The van der Waals surface area contributed by atoms with Crippen molar-refractivity contribution < 1.29 is 4.79 Å². The van der Waals surface area contributed by atoms with E-state index in [4.69, 9.17) is 6.42 Å². The minimum Gasteiger partial charge on any atom is -0.352 e. The van der Waals surface area contributed by atoms with Gasteiger partial charge in [-0.05, 0) is 18.6 Å². The van der Waals surface area contributed by atoms with Crippen LogP contribution in [0.5, 0.6) is 0 Å². The largest absolute Gasteiger partial charge is 0.352 e. The first-order valence-electron chi connectivity index (χ1n) is 5.47. The van der Waals surface area contributed by atoms with E-state index in [0.717, 1.165) is 11.9 Å². The normalized spacial score (nSPS) is 10.1. The van der Waals surface area contributed by atoms with Gasteiger partial charge >= 0.3 is 0 Å². The molecule has 4 heteroatoms. The molecule has 0 bridgehead atoms. The van der Waals surface area contributed by atoms with Gasteiger partial charge in [0.2, 0.25) is 0 Å². The van der Waals surface area contributed by atoms with E-state index in [9.17, 15) is 4.79 Å². The maximum absolute atomic E-state index is 11.9. The van der Waals surface area contributed by atoms with E-state index in [1.54, 1.807) is 10.7 Å². The molecular formula is C13H13N3O. The number of rotatable bonds is 4. The lowest BCUT2D eigenvalue weighted by Gasteiger charge is -2.02. The summed E-state index contributed by atoms with van der Waals surface area (Å²) in [5, 5.41) is 6.93. The van der Waals surface area contributed by atoms with Gasteiger partial charge in [-0.25, -0.2) is 4.52 Å². The molecule has 2 aromatic heterocycles. The molecule has 0 saturated heterocycles. The van der Waals surface area contributed by atoms with E-state index in [2.05, 4.69) is 16.3 Å². The zero-order chi connectivity index (χ0) is 12.1. The Bertz CT molecular complexity index is 565. The summed E-state index contributed by atoms with van der Waals surface area (Å²) >= 11 is 0. The molecule has 0 aliphatic rings. The van der Waals surface area contributed by atoms with Crippen LogP contribution >= 0.6 is 0 Å². The molecule has 0 aromatic carbocycles.